The molecule has 0 aromatic heterocycles. The van der Waals surface area contributed by atoms with Crippen molar-refractivity contribution in [2.45, 2.75) is 265 Å². The van der Waals surface area contributed by atoms with Gasteiger partial charge in [0.05, 0.1) is 101 Å². The highest BCUT2D eigenvalue weighted by Gasteiger charge is 2.57. The molecule has 0 spiro atoms. The van der Waals surface area contributed by atoms with Crippen LogP contribution in [-0.2, 0) is 181 Å². The van der Waals surface area contributed by atoms with Crippen LogP contribution in [0.3, 0.4) is 0 Å². The predicted molar refractivity (Wildman–Crippen MR) is 407 cm³/mol. The van der Waals surface area contributed by atoms with Crippen LogP contribution in [-0.4, -0.2) is 385 Å². The molecule has 0 N–H and O–H groups in total. The van der Waals surface area contributed by atoms with Gasteiger partial charge in [-0.2, -0.15) is 8.78 Å². The molecule has 20 atom stereocenters. The van der Waals surface area contributed by atoms with Gasteiger partial charge in [-0.3, -0.25) is 76.4 Å². The lowest BCUT2D eigenvalue weighted by Crippen LogP contribution is -2.63. The third kappa shape index (κ3) is 39.1. The molecule has 6 fully saturated rings. The van der Waals surface area contributed by atoms with Crippen molar-refractivity contribution in [3.63, 3.8) is 0 Å². The molecule has 44 heteroatoms. The van der Waals surface area contributed by atoms with Gasteiger partial charge in [-0.05, 0) is 6.92 Å². The Balaban J connectivity index is 0.000000422. The van der Waals surface area contributed by atoms with Crippen molar-refractivity contribution in [3.8, 4) is 0 Å². The van der Waals surface area contributed by atoms with Gasteiger partial charge in [0.2, 0.25) is 13.6 Å². The molecule has 6 aliphatic rings. The van der Waals surface area contributed by atoms with Gasteiger partial charge in [-0.1, -0.05) is 0 Å². The highest BCUT2D eigenvalue weighted by atomic mass is 19.1. The van der Waals surface area contributed by atoms with Gasteiger partial charge in [0.1, 0.15) is 64.3 Å². The summed E-state index contributed by atoms with van der Waals surface area (Å²) in [6.45, 7) is 21.1. The van der Waals surface area contributed by atoms with E-state index in [-0.39, 0.29) is 67.8 Å². The number of likely N-dealkylation sites (N-methyl/N-ethyl adjacent to an activating group) is 4. The minimum atomic E-state index is -1.30. The Labute approximate surface area is 708 Å². The molecule has 42 nitrogen and oxygen atoms in total. The van der Waals surface area contributed by atoms with Crippen LogP contribution in [0.25, 0.3) is 0 Å². The van der Waals surface area contributed by atoms with E-state index in [9.17, 15) is 80.7 Å². The number of quaternary nitrogens is 4. The maximum Gasteiger partial charge on any atom is 0.303 e. The van der Waals surface area contributed by atoms with E-state index in [1.165, 1.54) is 62.3 Å². The summed E-state index contributed by atoms with van der Waals surface area (Å²) in [7, 11) is 13.4. The second-order valence-electron chi connectivity index (χ2n) is 31.7. The number of esters is 15. The SMILES string of the molecule is CC(=O)OC[C@H]1O[C@@H](OCC[N+](C)(C)C2CC2)[C@H](OC(C)=O)[C@@H](OC(C)=O)[C@@H]1OC(C)=O.CC(=O)OC[C@H]1O[C@@H](OCC[N+](C)(C)CF)[C@H](OC(C)=O)[C@@H](OC(C)=O)[C@@H]1OC(C)=O.CC(=O)OC[C@H]1O[C@@H](OCC[N+](C)(CF)C2CC2)[C@H](OC(C)=O)[C@@H](OC(C)=O)[C@@H]1OC(C)=O.CC[N+](C)(C)CCO[C@H]1OC[C@@H](OC(C)=O)[C@H](OC(C)=O)[C@H]1OC(C)=O. The fourth-order valence-electron chi connectivity index (χ4n) is 12.6. The van der Waals surface area contributed by atoms with E-state index in [0.29, 0.717) is 25.7 Å². The van der Waals surface area contributed by atoms with Crippen LogP contribution in [0.5, 0.6) is 0 Å². The summed E-state index contributed by atoms with van der Waals surface area (Å²) in [5.41, 5.74) is 0. The smallest absolute Gasteiger partial charge is 0.303 e. The molecule has 4 heterocycles. The molecule has 698 valence electrons. The van der Waals surface area contributed by atoms with Gasteiger partial charge in [-0.25, -0.2) is 0 Å². The minimum absolute atomic E-state index is 0.00462. The summed E-state index contributed by atoms with van der Waals surface area (Å²) in [5, 5.41) is 0. The fourth-order valence-corrected chi connectivity index (χ4v) is 12.6. The summed E-state index contributed by atoms with van der Waals surface area (Å²) in [6, 6.07) is 0.794. The molecular formula is C78H128F2N4O38+4. The Morgan fingerprint density at radius 3 is 0.836 bits per heavy atom. The van der Waals surface area contributed by atoms with Crippen molar-refractivity contribution in [3.05, 3.63) is 0 Å². The monoisotopic (exact) mass is 1770 g/mol. The molecular weight excluding hydrogens is 1640 g/mol. The highest BCUT2D eigenvalue weighted by Crippen LogP contribution is 2.37. The minimum Gasteiger partial charge on any atom is -0.463 e. The molecule has 0 aromatic carbocycles. The number of hydrogen-bond donors (Lipinski definition) is 0. The van der Waals surface area contributed by atoms with E-state index in [4.69, 9.17) is 109 Å². The molecule has 4 aliphatic heterocycles. The number of halogens is 2. The van der Waals surface area contributed by atoms with E-state index >= 15 is 0 Å². The lowest BCUT2D eigenvalue weighted by atomic mass is 9.98. The van der Waals surface area contributed by atoms with Crippen molar-refractivity contribution in [2.24, 2.45) is 0 Å². The summed E-state index contributed by atoms with van der Waals surface area (Å²) >= 11 is 0. The zero-order valence-corrected chi connectivity index (χ0v) is 74.1. The third-order valence-corrected chi connectivity index (χ3v) is 19.4. The zero-order chi connectivity index (χ0) is 92.5. The average Bonchev–Trinajstić information content (AvgIpc) is 1.10. The van der Waals surface area contributed by atoms with E-state index < -0.39 is 220 Å². The Kier molecular flexibility index (Phi) is 45.0. The van der Waals surface area contributed by atoms with Gasteiger partial charge in [0.15, 0.2) is 98.4 Å². The molecule has 0 bridgehead atoms. The van der Waals surface area contributed by atoms with Crippen LogP contribution >= 0.6 is 0 Å². The Hall–Kier alpha value is -8.57. The Morgan fingerprint density at radius 2 is 0.557 bits per heavy atom. The predicted octanol–water partition coefficient (Wildman–Crippen LogP) is 1.29. The first-order valence-corrected chi connectivity index (χ1v) is 39.7. The average molecular weight is 1770 g/mol. The Morgan fingerprint density at radius 1 is 0.295 bits per heavy atom. The third-order valence-electron chi connectivity index (χ3n) is 19.4. The first-order valence-electron chi connectivity index (χ1n) is 39.7. The molecule has 2 aliphatic carbocycles. The van der Waals surface area contributed by atoms with Crippen molar-refractivity contribution < 1.29 is 208 Å². The van der Waals surface area contributed by atoms with Crippen molar-refractivity contribution in [1.29, 1.82) is 0 Å². The van der Waals surface area contributed by atoms with Crippen molar-refractivity contribution in [1.82, 2.24) is 0 Å². The number of carbonyl (C=O) groups excluding carboxylic acids is 15. The van der Waals surface area contributed by atoms with E-state index in [1.54, 1.807) is 21.1 Å². The second kappa shape index (κ2) is 51.0. The lowest BCUT2D eigenvalue weighted by Gasteiger charge is -2.44. The molecule has 0 radical (unpaired) electrons. The maximum absolute atomic E-state index is 13.6. The lowest BCUT2D eigenvalue weighted by molar-refractivity contribution is -0.932. The van der Waals surface area contributed by atoms with Crippen LogP contribution < -0.4 is 0 Å². The molecule has 4 saturated heterocycles. The van der Waals surface area contributed by atoms with Crippen LogP contribution in [0.2, 0.25) is 0 Å². The molecule has 2 saturated carbocycles. The highest BCUT2D eigenvalue weighted by molar-refractivity contribution is 5.72. The van der Waals surface area contributed by atoms with Crippen LogP contribution in [0, 0.1) is 0 Å². The Bertz CT molecular complexity index is 3470. The summed E-state index contributed by atoms with van der Waals surface area (Å²) in [5.74, 6) is -9.85. The van der Waals surface area contributed by atoms with Gasteiger partial charge in [0.25, 0.3) is 0 Å². The number of ether oxygens (including phenoxy) is 23. The first kappa shape index (κ1) is 108. The summed E-state index contributed by atoms with van der Waals surface area (Å²) in [6.07, 6.45) is -17.7. The number of alkyl halides is 2. The molecule has 1 unspecified atom stereocenters. The number of carbonyl (C=O) groups is 15. The van der Waals surface area contributed by atoms with Crippen molar-refractivity contribution >= 4 is 89.5 Å². The standard InChI is InChI=1S/C21H33FNO10.C21H34NO10.C19H31FNO10.C17H30NO8/c1-12(24)29-10-17-18(30-13(2)25)19(31-14(3)26)20(32-15(4)27)21(33-17)28-9-8-23(5,11-22)16-6-7-16;1-12(23)28-11-17-18(29-13(2)24)19(30-14(3)25)20(31-15(4)26)21(32-17)27-10-9-22(5,6)16-7-8-16;1-11(22)27-9-15-16(28-12(2)23)17(29-13(3)24)18(30-14(4)25)19(31-15)26-8-7-21(5,6)10-20;1-7-18(5,6)8-9-22-17-16(26-13(4)21)15(25-12(3)20)14(10-23-17)24-11(2)19/h16-21H,6-11H2,1-5H3;16-21H,7-11H2,1-6H3;15-19H,7-10H2,1-6H3;14-17H,7-10H2,1-6H3/q4*+1/t17-,18-,19+,20-,21-,23?;17-,18-,19+,20-,21-;15-,16-,17+,18-,19-;14-,15+,16-,17+/m1111/s1. The van der Waals surface area contributed by atoms with E-state index in [2.05, 4.69) is 35.1 Å². The summed E-state index contributed by atoms with van der Waals surface area (Å²) in [4.78, 5) is 174. The van der Waals surface area contributed by atoms with Gasteiger partial charge in [-0.15, -0.1) is 0 Å². The quantitative estimate of drug-likeness (QED) is 0.0362. The van der Waals surface area contributed by atoms with Crippen LogP contribution in [0.1, 0.15) is 136 Å². The molecule has 6 rings (SSSR count). The first-order chi connectivity index (χ1) is 56.8. The van der Waals surface area contributed by atoms with E-state index in [1.807, 2.05) is 0 Å². The number of nitrogens with zero attached hydrogens (tertiary/aromatic N) is 4. The van der Waals surface area contributed by atoms with Gasteiger partial charge in [0, 0.05) is 130 Å². The van der Waals surface area contributed by atoms with Crippen LogP contribution in [0.4, 0.5) is 8.78 Å². The zero-order valence-electron chi connectivity index (χ0n) is 74.1. The molecule has 122 heavy (non-hydrogen) atoms. The second-order valence-corrected chi connectivity index (χ2v) is 31.7. The van der Waals surface area contributed by atoms with Crippen molar-refractivity contribution in [2.75, 3.05) is 149 Å². The fraction of sp³-hybridized carbons (Fsp3) is 0.808. The maximum atomic E-state index is 13.6. The largest absolute Gasteiger partial charge is 0.463 e. The van der Waals surface area contributed by atoms with Gasteiger partial charge < -0.3 is 122 Å². The van der Waals surface area contributed by atoms with Crippen LogP contribution in [0.15, 0.2) is 0 Å². The molecule has 0 amide bonds. The normalized spacial score (nSPS) is 27.3. The number of rotatable bonds is 39. The summed E-state index contributed by atoms with van der Waals surface area (Å²) < 4.78 is 153. The molecule has 0 aromatic rings. The topological polar surface area (TPSA) is 468 Å². The van der Waals surface area contributed by atoms with E-state index in [0.717, 1.165) is 89.3 Å². The number of hydrogen-bond acceptors (Lipinski definition) is 38. The van der Waals surface area contributed by atoms with Gasteiger partial charge >= 0.3 is 89.5 Å².